The molecule has 0 aromatic heterocycles. The van der Waals surface area contributed by atoms with E-state index in [9.17, 15) is 35.1 Å². The average Bonchev–Trinajstić information content (AvgIpc) is 3.40. The Labute approximate surface area is 452 Å². The summed E-state index contributed by atoms with van der Waals surface area (Å²) in [6.45, 7) is 5.74. The number of carbonyl (C=O) groups is 2. The number of ether oxygens (including phenoxy) is 3. The number of carbonyl (C=O) groups excluding carboxylic acids is 2. The highest BCUT2D eigenvalue weighted by Gasteiger charge is 2.47. The van der Waals surface area contributed by atoms with Crippen LogP contribution in [0.5, 0.6) is 0 Å². The third-order valence-electron chi connectivity index (χ3n) is 14.1. The summed E-state index contributed by atoms with van der Waals surface area (Å²) in [5.74, 6) is -1.22. The second-order valence-electron chi connectivity index (χ2n) is 21.1. The van der Waals surface area contributed by atoms with E-state index >= 15 is 0 Å². The molecular formula is C63H113NO10. The van der Waals surface area contributed by atoms with Crippen LogP contribution >= 0.6 is 0 Å². The van der Waals surface area contributed by atoms with Crippen molar-refractivity contribution in [2.24, 2.45) is 0 Å². The molecule has 0 aliphatic carbocycles. The topological polar surface area (TPSA) is 175 Å². The molecule has 1 aliphatic rings. The van der Waals surface area contributed by atoms with E-state index in [-0.39, 0.29) is 19.4 Å². The van der Waals surface area contributed by atoms with Gasteiger partial charge in [0.1, 0.15) is 24.4 Å². The molecule has 11 heteroatoms. The second-order valence-corrected chi connectivity index (χ2v) is 21.1. The molecular weight excluding hydrogens is 931 g/mol. The van der Waals surface area contributed by atoms with Gasteiger partial charge >= 0.3 is 5.97 Å². The first-order chi connectivity index (χ1) is 36.2. The number of esters is 1. The summed E-state index contributed by atoms with van der Waals surface area (Å²) in [5.41, 5.74) is 0. The van der Waals surface area contributed by atoms with E-state index in [0.29, 0.717) is 12.8 Å². The van der Waals surface area contributed by atoms with Gasteiger partial charge < -0.3 is 45.1 Å². The summed E-state index contributed by atoms with van der Waals surface area (Å²) < 4.78 is 17.6. The predicted molar refractivity (Wildman–Crippen MR) is 306 cm³/mol. The Bertz CT molecular complexity index is 1430. The summed E-state index contributed by atoms with van der Waals surface area (Å²) in [6.07, 6.45) is 52.5. The van der Waals surface area contributed by atoms with E-state index in [1.807, 2.05) is 6.08 Å². The molecule has 1 heterocycles. The number of hydrogen-bond donors (Lipinski definition) is 6. The summed E-state index contributed by atoms with van der Waals surface area (Å²) in [5, 5.41) is 56.9. The number of hydrogen-bond acceptors (Lipinski definition) is 10. The predicted octanol–water partition coefficient (Wildman–Crippen LogP) is 14.2. The highest BCUT2D eigenvalue weighted by Crippen LogP contribution is 2.26. The number of aliphatic hydroxyl groups is 5. The zero-order valence-electron chi connectivity index (χ0n) is 47.5. The molecule has 74 heavy (non-hydrogen) atoms. The highest BCUT2D eigenvalue weighted by molar-refractivity contribution is 5.80. The van der Waals surface area contributed by atoms with Crippen LogP contribution in [0.1, 0.15) is 265 Å². The van der Waals surface area contributed by atoms with Gasteiger partial charge in [-0.15, -0.1) is 0 Å². The van der Waals surface area contributed by atoms with Gasteiger partial charge in [-0.05, 0) is 89.9 Å². The SMILES string of the molecule is CCCCC/C=C\C/C=C\C/C=C\CCCCCCCC(O)C(=O)NC(COC1OC(CO)C(O)C(O)C1OC(=O)CCCCC/C=C\CCCCCCCCC)C(O)/C=C/CCCCCCCCCCCCC. The molecule has 8 unspecified atom stereocenters. The second kappa shape index (κ2) is 51.1. The molecule has 1 rings (SSSR count). The van der Waals surface area contributed by atoms with Gasteiger partial charge in [0.2, 0.25) is 5.91 Å². The lowest BCUT2D eigenvalue weighted by Crippen LogP contribution is -2.61. The van der Waals surface area contributed by atoms with Gasteiger partial charge in [0, 0.05) is 6.42 Å². The molecule has 0 aromatic rings. The van der Waals surface area contributed by atoms with Gasteiger partial charge in [-0.2, -0.15) is 0 Å². The molecule has 0 bridgehead atoms. The molecule has 8 atom stereocenters. The number of unbranched alkanes of at least 4 members (excludes halogenated alkanes) is 29. The molecule has 1 amide bonds. The molecule has 0 spiro atoms. The van der Waals surface area contributed by atoms with E-state index in [0.717, 1.165) is 89.9 Å². The van der Waals surface area contributed by atoms with Crippen LogP contribution in [0.4, 0.5) is 0 Å². The Kier molecular flexibility index (Phi) is 47.9. The lowest BCUT2D eigenvalue weighted by atomic mass is 9.99. The van der Waals surface area contributed by atoms with Crippen LogP contribution in [0.15, 0.2) is 60.8 Å². The highest BCUT2D eigenvalue weighted by atomic mass is 16.7. The number of allylic oxidation sites excluding steroid dienone is 9. The molecule has 1 aliphatic heterocycles. The van der Waals surface area contributed by atoms with Crippen LogP contribution in [0.3, 0.4) is 0 Å². The zero-order valence-corrected chi connectivity index (χ0v) is 47.5. The van der Waals surface area contributed by atoms with E-state index < -0.39 is 67.4 Å². The van der Waals surface area contributed by atoms with Crippen molar-refractivity contribution in [2.75, 3.05) is 13.2 Å². The molecule has 1 fully saturated rings. The zero-order chi connectivity index (χ0) is 54.0. The summed E-state index contributed by atoms with van der Waals surface area (Å²) in [6, 6.07) is -1.03. The fourth-order valence-electron chi connectivity index (χ4n) is 9.24. The van der Waals surface area contributed by atoms with Crippen molar-refractivity contribution in [2.45, 2.75) is 314 Å². The van der Waals surface area contributed by atoms with Gasteiger partial charge in [0.15, 0.2) is 12.4 Å². The van der Waals surface area contributed by atoms with Gasteiger partial charge in [0.25, 0.3) is 0 Å². The van der Waals surface area contributed by atoms with Crippen LogP contribution in [-0.4, -0.2) is 99.6 Å². The van der Waals surface area contributed by atoms with Crippen molar-refractivity contribution in [3.05, 3.63) is 60.8 Å². The standard InChI is InChI=1S/C63H113NO10/c1-4-7-10-13-16-19-22-25-27-28-29-30-32-35-38-41-44-47-50-56(67)62(71)64-54(55(66)49-46-43-40-37-34-31-24-21-18-15-12-9-6-3)53-72-63-61(60(70)59(69)57(52-65)73-63)74-58(68)51-48-45-42-39-36-33-26-23-20-17-14-11-8-5-2/h16,19,25,27,29-30,33,36,46,49,54-57,59-61,63,65-67,69-70H,4-15,17-18,20-24,26,28,31-32,34-35,37-45,47-48,50-53H2,1-3H3,(H,64,71)/b19-16-,27-25-,30-29-,36-33-,49-46+. The minimum absolute atomic E-state index is 0.101. The molecule has 11 nitrogen and oxygen atoms in total. The lowest BCUT2D eigenvalue weighted by molar-refractivity contribution is -0.305. The minimum Gasteiger partial charge on any atom is -0.454 e. The first-order valence-corrected chi connectivity index (χ1v) is 30.6. The number of amides is 1. The molecule has 0 radical (unpaired) electrons. The van der Waals surface area contributed by atoms with E-state index in [1.165, 1.54) is 128 Å². The maximum atomic E-state index is 13.4. The van der Waals surface area contributed by atoms with Crippen LogP contribution in [-0.2, 0) is 23.8 Å². The van der Waals surface area contributed by atoms with E-state index in [4.69, 9.17) is 14.2 Å². The van der Waals surface area contributed by atoms with E-state index in [2.05, 4.69) is 74.7 Å². The third-order valence-corrected chi connectivity index (χ3v) is 14.1. The van der Waals surface area contributed by atoms with Crippen molar-refractivity contribution in [3.8, 4) is 0 Å². The molecule has 430 valence electrons. The Morgan fingerprint density at radius 1 is 0.527 bits per heavy atom. The van der Waals surface area contributed by atoms with Crippen LogP contribution in [0.25, 0.3) is 0 Å². The summed E-state index contributed by atoms with van der Waals surface area (Å²) >= 11 is 0. The molecule has 6 N–H and O–H groups in total. The molecule has 0 saturated carbocycles. The third kappa shape index (κ3) is 38.8. The van der Waals surface area contributed by atoms with Gasteiger partial charge in [-0.25, -0.2) is 0 Å². The van der Waals surface area contributed by atoms with E-state index in [1.54, 1.807) is 6.08 Å². The van der Waals surface area contributed by atoms with Crippen LogP contribution in [0, 0.1) is 0 Å². The van der Waals surface area contributed by atoms with Crippen LogP contribution in [0.2, 0.25) is 0 Å². The quantitative estimate of drug-likeness (QED) is 0.0195. The average molecular weight is 1040 g/mol. The largest absolute Gasteiger partial charge is 0.454 e. The fraction of sp³-hybridized carbons (Fsp3) is 0.810. The summed E-state index contributed by atoms with van der Waals surface area (Å²) in [7, 11) is 0. The van der Waals surface area contributed by atoms with Gasteiger partial charge in [-0.3, -0.25) is 9.59 Å². The Hall–Kier alpha value is -2.64. The smallest absolute Gasteiger partial charge is 0.306 e. The number of rotatable bonds is 51. The summed E-state index contributed by atoms with van der Waals surface area (Å²) in [4.78, 5) is 26.5. The maximum Gasteiger partial charge on any atom is 0.306 e. The van der Waals surface area contributed by atoms with Crippen molar-refractivity contribution in [1.82, 2.24) is 5.32 Å². The minimum atomic E-state index is -1.62. The Morgan fingerprint density at radius 3 is 1.43 bits per heavy atom. The van der Waals surface area contributed by atoms with Crippen LogP contribution < -0.4 is 5.32 Å². The lowest BCUT2D eigenvalue weighted by Gasteiger charge is -2.41. The van der Waals surface area contributed by atoms with Gasteiger partial charge in [0.05, 0.1) is 25.4 Å². The monoisotopic (exact) mass is 1040 g/mol. The Balaban J connectivity index is 2.73. The molecule has 1 saturated heterocycles. The first-order valence-electron chi connectivity index (χ1n) is 30.6. The normalized spacial score (nSPS) is 19.7. The van der Waals surface area contributed by atoms with Crippen molar-refractivity contribution < 1.29 is 49.3 Å². The maximum absolute atomic E-state index is 13.4. The Morgan fingerprint density at radius 2 is 0.932 bits per heavy atom. The number of aliphatic hydroxyl groups excluding tert-OH is 5. The van der Waals surface area contributed by atoms with Gasteiger partial charge in [-0.1, -0.05) is 229 Å². The number of nitrogens with one attached hydrogen (secondary N) is 1. The fourth-order valence-corrected chi connectivity index (χ4v) is 9.24. The first kappa shape index (κ1) is 69.4. The molecule has 0 aromatic carbocycles. The van der Waals surface area contributed by atoms with Crippen molar-refractivity contribution in [1.29, 1.82) is 0 Å². The van der Waals surface area contributed by atoms with Crippen molar-refractivity contribution >= 4 is 11.9 Å². The van der Waals surface area contributed by atoms with Crippen molar-refractivity contribution in [3.63, 3.8) is 0 Å².